The van der Waals surface area contributed by atoms with Crippen LogP contribution in [0.1, 0.15) is 19.3 Å². The quantitative estimate of drug-likeness (QED) is 0.578. The van der Waals surface area contributed by atoms with E-state index in [1.54, 1.807) is 0 Å². The summed E-state index contributed by atoms with van der Waals surface area (Å²) in [6, 6.07) is 0.421. The zero-order valence-corrected chi connectivity index (χ0v) is 9.15. The maximum Gasteiger partial charge on any atom is 0.306 e. The number of aliphatic carboxylic acids is 1. The number of aliphatic hydroxyl groups is 1. The molecule has 0 radical (unpaired) electrons. The summed E-state index contributed by atoms with van der Waals surface area (Å²) >= 11 is 0. The lowest BCUT2D eigenvalue weighted by molar-refractivity contribution is -0.139. The summed E-state index contributed by atoms with van der Waals surface area (Å²) in [5.74, 6) is -0.951. The summed E-state index contributed by atoms with van der Waals surface area (Å²) in [6.07, 6.45) is 1.17. The van der Waals surface area contributed by atoms with Crippen LogP contribution < -0.4 is 5.32 Å². The van der Waals surface area contributed by atoms with Crippen molar-refractivity contribution in [3.05, 3.63) is 0 Å². The Kier molecular flexibility index (Phi) is 5.01. The van der Waals surface area contributed by atoms with Crippen molar-refractivity contribution in [1.29, 1.82) is 0 Å². The summed E-state index contributed by atoms with van der Waals surface area (Å²) < 4.78 is 0. The number of aliphatic hydroxyl groups excluding tert-OH is 1. The Labute approximate surface area is 90.1 Å². The lowest BCUT2D eigenvalue weighted by Gasteiger charge is -2.30. The smallest absolute Gasteiger partial charge is 0.306 e. The molecule has 1 heterocycles. The highest BCUT2D eigenvalue weighted by Gasteiger charge is 2.17. The first kappa shape index (κ1) is 12.4. The zero-order valence-electron chi connectivity index (χ0n) is 9.15. The Hall–Kier alpha value is -0.650. The van der Waals surface area contributed by atoms with Crippen molar-refractivity contribution < 1.29 is 15.0 Å². The molecule has 0 aromatic heterocycles. The molecule has 1 rings (SSSR count). The third-order valence-electron chi connectivity index (χ3n) is 2.77. The van der Waals surface area contributed by atoms with E-state index in [1.165, 1.54) is 0 Å². The van der Waals surface area contributed by atoms with E-state index in [1.807, 2.05) is 0 Å². The van der Waals surface area contributed by atoms with Gasteiger partial charge in [0.15, 0.2) is 0 Å². The molecule has 3 N–H and O–H groups in total. The fourth-order valence-corrected chi connectivity index (χ4v) is 1.79. The molecule has 0 aromatic rings. The number of carboxylic acids is 1. The Morgan fingerprint density at radius 3 is 2.67 bits per heavy atom. The molecule has 0 saturated carbocycles. The van der Waals surface area contributed by atoms with Crippen LogP contribution in [0.15, 0.2) is 0 Å². The average molecular weight is 216 g/mol. The van der Waals surface area contributed by atoms with Gasteiger partial charge in [-0.1, -0.05) is 0 Å². The third-order valence-corrected chi connectivity index (χ3v) is 2.77. The molecule has 1 fully saturated rings. The number of hydrogen-bond donors (Lipinski definition) is 3. The summed E-state index contributed by atoms with van der Waals surface area (Å²) in [6.45, 7) is 2.50. The molecule has 0 bridgehead atoms. The fourth-order valence-electron chi connectivity index (χ4n) is 1.79. The van der Waals surface area contributed by atoms with Crippen molar-refractivity contribution in [3.8, 4) is 0 Å². The minimum Gasteiger partial charge on any atom is -0.481 e. The molecule has 1 saturated heterocycles. The number of rotatable bonds is 5. The monoisotopic (exact) mass is 216 g/mol. The van der Waals surface area contributed by atoms with Crippen molar-refractivity contribution in [1.82, 2.24) is 10.2 Å². The molecule has 0 aliphatic carbocycles. The number of carbonyl (C=O) groups is 1. The molecule has 1 aliphatic heterocycles. The molecular formula is C10H20N2O3. The van der Waals surface area contributed by atoms with Gasteiger partial charge in [-0.15, -0.1) is 0 Å². The van der Waals surface area contributed by atoms with Gasteiger partial charge in [-0.05, 0) is 33.0 Å². The van der Waals surface area contributed by atoms with E-state index < -0.39 is 12.1 Å². The molecule has 5 nitrogen and oxygen atoms in total. The highest BCUT2D eigenvalue weighted by atomic mass is 16.4. The number of nitrogens with zero attached hydrogens (tertiary/aromatic N) is 1. The summed E-state index contributed by atoms with van der Waals surface area (Å²) in [4.78, 5) is 12.6. The fraction of sp³-hybridized carbons (Fsp3) is 0.900. The van der Waals surface area contributed by atoms with Crippen molar-refractivity contribution in [2.45, 2.75) is 31.4 Å². The van der Waals surface area contributed by atoms with Gasteiger partial charge in [0.05, 0.1) is 12.5 Å². The van der Waals surface area contributed by atoms with Crippen molar-refractivity contribution >= 4 is 5.97 Å². The highest BCUT2D eigenvalue weighted by molar-refractivity contribution is 5.67. The van der Waals surface area contributed by atoms with Crippen molar-refractivity contribution in [2.24, 2.45) is 0 Å². The first-order valence-electron chi connectivity index (χ1n) is 5.39. The van der Waals surface area contributed by atoms with E-state index in [4.69, 9.17) is 5.11 Å². The molecule has 0 aromatic carbocycles. The first-order valence-corrected chi connectivity index (χ1v) is 5.39. The Morgan fingerprint density at radius 1 is 1.53 bits per heavy atom. The topological polar surface area (TPSA) is 72.8 Å². The second-order valence-corrected chi connectivity index (χ2v) is 4.24. The van der Waals surface area contributed by atoms with Crippen LogP contribution in [0.5, 0.6) is 0 Å². The van der Waals surface area contributed by atoms with Gasteiger partial charge in [-0.3, -0.25) is 4.79 Å². The largest absolute Gasteiger partial charge is 0.481 e. The SMILES string of the molecule is CN1CCC(NCC(O)CC(=O)O)CC1. The van der Waals surface area contributed by atoms with Gasteiger partial charge >= 0.3 is 5.97 Å². The van der Waals surface area contributed by atoms with Crippen LogP contribution in [-0.2, 0) is 4.79 Å². The minimum absolute atomic E-state index is 0.181. The van der Waals surface area contributed by atoms with Crippen molar-refractivity contribution in [2.75, 3.05) is 26.7 Å². The molecule has 1 unspecified atom stereocenters. The molecule has 88 valence electrons. The van der Waals surface area contributed by atoms with Gasteiger partial charge in [0.2, 0.25) is 0 Å². The van der Waals surface area contributed by atoms with Gasteiger partial charge in [0.1, 0.15) is 0 Å². The summed E-state index contributed by atoms with van der Waals surface area (Å²) in [7, 11) is 2.09. The Bertz CT molecular complexity index is 203. The van der Waals surface area contributed by atoms with E-state index in [0.717, 1.165) is 25.9 Å². The number of likely N-dealkylation sites (tertiary alicyclic amines) is 1. The van der Waals surface area contributed by atoms with Crippen LogP contribution >= 0.6 is 0 Å². The van der Waals surface area contributed by atoms with Crippen LogP contribution in [0.2, 0.25) is 0 Å². The summed E-state index contributed by atoms with van der Waals surface area (Å²) in [5, 5.41) is 21.0. The Morgan fingerprint density at radius 2 is 2.13 bits per heavy atom. The first-order chi connectivity index (χ1) is 7.08. The molecule has 0 amide bonds. The number of nitrogens with one attached hydrogen (secondary N) is 1. The summed E-state index contributed by atoms with van der Waals surface area (Å²) in [5.41, 5.74) is 0. The number of carboxylic acid groups (broad SMARTS) is 1. The standard InChI is InChI=1S/C10H20N2O3/c1-12-4-2-8(3-5-12)11-7-9(13)6-10(14)15/h8-9,11,13H,2-7H2,1H3,(H,14,15). The second-order valence-electron chi connectivity index (χ2n) is 4.24. The lowest BCUT2D eigenvalue weighted by atomic mass is 10.1. The number of piperidine rings is 1. The minimum atomic E-state index is -0.951. The van der Waals surface area contributed by atoms with Gasteiger partial charge in [0, 0.05) is 12.6 Å². The van der Waals surface area contributed by atoms with Crippen LogP contribution in [0, 0.1) is 0 Å². The highest BCUT2D eigenvalue weighted by Crippen LogP contribution is 2.08. The van der Waals surface area contributed by atoms with Crippen LogP contribution in [0.25, 0.3) is 0 Å². The molecule has 1 aliphatic rings. The van der Waals surface area contributed by atoms with Crippen molar-refractivity contribution in [3.63, 3.8) is 0 Å². The van der Waals surface area contributed by atoms with Crippen LogP contribution in [0.3, 0.4) is 0 Å². The van der Waals surface area contributed by atoms with Crippen LogP contribution in [-0.4, -0.2) is 59.9 Å². The van der Waals surface area contributed by atoms with E-state index >= 15 is 0 Å². The maximum atomic E-state index is 10.3. The molecule has 1 atom stereocenters. The molecule has 5 heteroatoms. The van der Waals surface area contributed by atoms with Gasteiger partial charge in [0.25, 0.3) is 0 Å². The lowest BCUT2D eigenvalue weighted by Crippen LogP contribution is -2.43. The maximum absolute atomic E-state index is 10.3. The van der Waals surface area contributed by atoms with Crippen LogP contribution in [0.4, 0.5) is 0 Å². The molecule has 15 heavy (non-hydrogen) atoms. The predicted octanol–water partition coefficient (Wildman–Crippen LogP) is -0.494. The third kappa shape index (κ3) is 5.11. The molecule has 0 spiro atoms. The second kappa shape index (κ2) is 6.05. The van der Waals surface area contributed by atoms with Gasteiger partial charge < -0.3 is 20.4 Å². The predicted molar refractivity (Wildman–Crippen MR) is 56.8 cm³/mol. The number of hydrogen-bond acceptors (Lipinski definition) is 4. The van der Waals surface area contributed by atoms with E-state index in [0.29, 0.717) is 12.6 Å². The van der Waals surface area contributed by atoms with E-state index in [9.17, 15) is 9.90 Å². The Balaban J connectivity index is 2.11. The van der Waals surface area contributed by atoms with E-state index in [2.05, 4.69) is 17.3 Å². The average Bonchev–Trinajstić information content (AvgIpc) is 2.16. The van der Waals surface area contributed by atoms with Gasteiger partial charge in [-0.25, -0.2) is 0 Å². The normalized spacial score (nSPS) is 21.5. The molecular weight excluding hydrogens is 196 g/mol. The zero-order chi connectivity index (χ0) is 11.3. The van der Waals surface area contributed by atoms with E-state index in [-0.39, 0.29) is 6.42 Å². The van der Waals surface area contributed by atoms with Gasteiger partial charge in [-0.2, -0.15) is 0 Å².